The summed E-state index contributed by atoms with van der Waals surface area (Å²) in [4.78, 5) is 25.8. The van der Waals surface area contributed by atoms with Crippen LogP contribution in [0.3, 0.4) is 0 Å². The van der Waals surface area contributed by atoms with Crippen LogP contribution in [-0.2, 0) is 11.2 Å². The van der Waals surface area contributed by atoms with E-state index >= 15 is 0 Å². The van der Waals surface area contributed by atoms with Crippen molar-refractivity contribution in [2.45, 2.75) is 26.2 Å². The summed E-state index contributed by atoms with van der Waals surface area (Å²) >= 11 is 6.06. The maximum absolute atomic E-state index is 12.9. The van der Waals surface area contributed by atoms with Crippen LogP contribution in [0.15, 0.2) is 30.5 Å². The minimum absolute atomic E-state index is 0.156. The molecule has 1 saturated heterocycles. The van der Waals surface area contributed by atoms with Crippen molar-refractivity contribution in [3.05, 3.63) is 46.7 Å². The zero-order valence-corrected chi connectivity index (χ0v) is 14.7. The van der Waals surface area contributed by atoms with Gasteiger partial charge in [-0.15, -0.1) is 0 Å². The van der Waals surface area contributed by atoms with E-state index in [9.17, 15) is 14.7 Å². The highest BCUT2D eigenvalue weighted by atomic mass is 35.5. The van der Waals surface area contributed by atoms with Crippen LogP contribution in [0.2, 0.25) is 5.02 Å². The molecule has 1 aliphatic heterocycles. The second-order valence-corrected chi connectivity index (χ2v) is 6.62. The Morgan fingerprint density at radius 3 is 2.88 bits per heavy atom. The van der Waals surface area contributed by atoms with Gasteiger partial charge in [-0.2, -0.15) is 5.10 Å². The lowest BCUT2D eigenvalue weighted by Crippen LogP contribution is -2.42. The number of amides is 1. The highest BCUT2D eigenvalue weighted by Gasteiger charge is 2.30. The van der Waals surface area contributed by atoms with Gasteiger partial charge in [-0.1, -0.05) is 24.6 Å². The summed E-state index contributed by atoms with van der Waals surface area (Å²) in [6.45, 7) is 2.79. The van der Waals surface area contributed by atoms with E-state index < -0.39 is 11.9 Å². The average Bonchev–Trinajstić information content (AvgIpc) is 3.05. The number of carbonyl (C=O) groups is 2. The van der Waals surface area contributed by atoms with E-state index in [1.54, 1.807) is 27.9 Å². The molecule has 6 nitrogen and oxygen atoms in total. The van der Waals surface area contributed by atoms with Crippen LogP contribution >= 0.6 is 11.6 Å². The number of carboxylic acid groups (broad SMARTS) is 1. The van der Waals surface area contributed by atoms with Crippen molar-refractivity contribution < 1.29 is 14.7 Å². The van der Waals surface area contributed by atoms with Crippen molar-refractivity contribution in [3.63, 3.8) is 0 Å². The zero-order chi connectivity index (χ0) is 18.0. The number of benzene rings is 1. The molecule has 2 aromatic rings. The number of carbonyl (C=O) groups excluding carboxylic acids is 1. The molecule has 1 fully saturated rings. The Hall–Kier alpha value is -2.34. The fourth-order valence-electron chi connectivity index (χ4n) is 3.26. The monoisotopic (exact) mass is 361 g/mol. The SMILES string of the molecule is CCc1c(C(=O)N2CCCC(C(=O)O)C2)cnn1-c1cccc(Cl)c1. The molecule has 1 atom stereocenters. The lowest BCUT2D eigenvalue weighted by molar-refractivity contribution is -0.143. The van der Waals surface area contributed by atoms with Gasteiger partial charge in [-0.05, 0) is 37.5 Å². The van der Waals surface area contributed by atoms with Gasteiger partial charge in [0.1, 0.15) is 0 Å². The maximum Gasteiger partial charge on any atom is 0.308 e. The molecular weight excluding hydrogens is 342 g/mol. The minimum Gasteiger partial charge on any atom is -0.481 e. The van der Waals surface area contributed by atoms with Crippen LogP contribution in [0.1, 0.15) is 35.8 Å². The first-order valence-corrected chi connectivity index (χ1v) is 8.74. The van der Waals surface area contributed by atoms with Gasteiger partial charge in [0.25, 0.3) is 5.91 Å². The predicted octanol–water partition coefficient (Wildman–Crippen LogP) is 3.02. The Balaban J connectivity index is 1.90. The van der Waals surface area contributed by atoms with Crippen molar-refractivity contribution in [3.8, 4) is 5.69 Å². The number of hydrogen-bond acceptors (Lipinski definition) is 3. The van der Waals surface area contributed by atoms with E-state index in [1.807, 2.05) is 19.1 Å². The first-order chi connectivity index (χ1) is 12.0. The summed E-state index contributed by atoms with van der Waals surface area (Å²) in [6, 6.07) is 7.30. The third-order valence-corrected chi connectivity index (χ3v) is 4.78. The second kappa shape index (κ2) is 7.27. The molecule has 1 aromatic heterocycles. The molecule has 1 unspecified atom stereocenters. The number of carboxylic acids is 1. The Labute approximate surface area is 151 Å². The fourth-order valence-corrected chi connectivity index (χ4v) is 3.44. The van der Waals surface area contributed by atoms with Crippen LogP contribution in [0.25, 0.3) is 5.69 Å². The number of nitrogens with zero attached hydrogens (tertiary/aromatic N) is 3. The number of halogens is 1. The van der Waals surface area contributed by atoms with Crippen LogP contribution in [0.4, 0.5) is 0 Å². The Bertz CT molecular complexity index is 803. The maximum atomic E-state index is 12.9. The smallest absolute Gasteiger partial charge is 0.308 e. The summed E-state index contributed by atoms with van der Waals surface area (Å²) in [5, 5.41) is 14.2. The fraction of sp³-hybridized carbons (Fsp3) is 0.389. The van der Waals surface area contributed by atoms with Crippen molar-refractivity contribution in [1.82, 2.24) is 14.7 Å². The quantitative estimate of drug-likeness (QED) is 0.908. The number of rotatable bonds is 4. The summed E-state index contributed by atoms with van der Waals surface area (Å²) in [5.74, 6) is -1.50. The van der Waals surface area contributed by atoms with Crippen LogP contribution < -0.4 is 0 Å². The third kappa shape index (κ3) is 3.54. The van der Waals surface area contributed by atoms with Crippen LogP contribution in [0.5, 0.6) is 0 Å². The van der Waals surface area contributed by atoms with Crippen molar-refractivity contribution in [1.29, 1.82) is 0 Å². The lowest BCUT2D eigenvalue weighted by atomic mass is 9.97. The van der Waals surface area contributed by atoms with Crippen molar-refractivity contribution in [2.24, 2.45) is 5.92 Å². The van der Waals surface area contributed by atoms with Crippen LogP contribution in [0, 0.1) is 5.92 Å². The molecule has 1 aromatic carbocycles. The van der Waals surface area contributed by atoms with E-state index in [-0.39, 0.29) is 12.5 Å². The summed E-state index contributed by atoms with van der Waals surface area (Å²) < 4.78 is 1.72. The summed E-state index contributed by atoms with van der Waals surface area (Å²) in [5.41, 5.74) is 2.11. The molecule has 0 aliphatic carbocycles. The Morgan fingerprint density at radius 1 is 1.40 bits per heavy atom. The lowest BCUT2D eigenvalue weighted by Gasteiger charge is -2.30. The highest BCUT2D eigenvalue weighted by Crippen LogP contribution is 2.23. The largest absolute Gasteiger partial charge is 0.481 e. The minimum atomic E-state index is -0.845. The molecule has 25 heavy (non-hydrogen) atoms. The van der Waals surface area contributed by atoms with E-state index in [4.69, 9.17) is 11.6 Å². The van der Waals surface area contributed by atoms with Crippen molar-refractivity contribution in [2.75, 3.05) is 13.1 Å². The van der Waals surface area contributed by atoms with Crippen molar-refractivity contribution >= 4 is 23.5 Å². The van der Waals surface area contributed by atoms with E-state index in [2.05, 4.69) is 5.10 Å². The van der Waals surface area contributed by atoms with E-state index in [1.165, 1.54) is 0 Å². The normalized spacial score (nSPS) is 17.5. The highest BCUT2D eigenvalue weighted by molar-refractivity contribution is 6.30. The number of aromatic nitrogens is 2. The van der Waals surface area contributed by atoms with Gasteiger partial charge < -0.3 is 10.0 Å². The van der Waals surface area contributed by atoms with Crippen LogP contribution in [-0.4, -0.2) is 44.8 Å². The molecule has 1 amide bonds. The standard InChI is InChI=1S/C18H20ClN3O3/c1-2-16-15(10-20-22(16)14-7-3-6-13(19)9-14)17(23)21-8-4-5-12(11-21)18(24)25/h3,6-7,9-10,12H,2,4-5,8,11H2,1H3,(H,24,25). The molecule has 3 rings (SSSR count). The van der Waals surface area contributed by atoms with Gasteiger partial charge in [-0.25, -0.2) is 4.68 Å². The number of likely N-dealkylation sites (tertiary alicyclic amines) is 1. The van der Waals surface area contributed by atoms with Gasteiger partial charge in [-0.3, -0.25) is 9.59 Å². The van der Waals surface area contributed by atoms with Gasteiger partial charge in [0.2, 0.25) is 0 Å². The molecule has 132 valence electrons. The molecule has 2 heterocycles. The predicted molar refractivity (Wildman–Crippen MR) is 94.2 cm³/mol. The number of aliphatic carboxylic acids is 1. The zero-order valence-electron chi connectivity index (χ0n) is 14.0. The molecule has 0 spiro atoms. The number of hydrogen-bond donors (Lipinski definition) is 1. The topological polar surface area (TPSA) is 75.4 Å². The number of piperidine rings is 1. The first kappa shape index (κ1) is 17.5. The molecule has 0 bridgehead atoms. The Kier molecular flexibility index (Phi) is 5.08. The Morgan fingerprint density at radius 2 is 2.20 bits per heavy atom. The third-order valence-electron chi connectivity index (χ3n) is 4.54. The molecule has 1 N–H and O–H groups in total. The molecular formula is C18H20ClN3O3. The van der Waals surface area contributed by atoms with Gasteiger partial charge in [0.05, 0.1) is 29.1 Å². The molecule has 0 radical (unpaired) electrons. The van der Waals surface area contributed by atoms with Gasteiger partial charge in [0.15, 0.2) is 0 Å². The van der Waals surface area contributed by atoms with E-state index in [0.717, 1.165) is 11.4 Å². The summed E-state index contributed by atoms with van der Waals surface area (Å²) in [6.07, 6.45) is 3.50. The van der Waals surface area contributed by atoms with Gasteiger partial charge >= 0.3 is 5.97 Å². The molecule has 0 saturated carbocycles. The first-order valence-electron chi connectivity index (χ1n) is 8.36. The molecule has 1 aliphatic rings. The molecule has 7 heteroatoms. The average molecular weight is 362 g/mol. The summed E-state index contributed by atoms with van der Waals surface area (Å²) in [7, 11) is 0. The van der Waals surface area contributed by atoms with E-state index in [0.29, 0.717) is 36.4 Å². The second-order valence-electron chi connectivity index (χ2n) is 6.18. The van der Waals surface area contributed by atoms with Gasteiger partial charge in [0, 0.05) is 18.1 Å².